The van der Waals surface area contributed by atoms with Gasteiger partial charge in [0.05, 0.1) is 22.6 Å². The molecule has 0 spiro atoms. The van der Waals surface area contributed by atoms with E-state index in [1.807, 2.05) is 31.2 Å². The summed E-state index contributed by atoms with van der Waals surface area (Å²) in [6, 6.07) is 23.2. The van der Waals surface area contributed by atoms with Crippen molar-refractivity contribution in [2.75, 3.05) is 11.9 Å². The monoisotopic (exact) mass is 594 g/mol. The molecule has 0 heterocycles. The van der Waals surface area contributed by atoms with Crippen molar-refractivity contribution < 1.29 is 27.1 Å². The normalized spacial score (nSPS) is 11.3. The molecule has 10 heteroatoms. The molecule has 0 bridgehead atoms. The van der Waals surface area contributed by atoms with Crippen LogP contribution in [0.2, 0.25) is 5.02 Å². The standard InChI is InChI=1S/C31H28ClFN2O5S/c1-3-40-31(37)23-10-8-22(9-11-23)19-35(20-24-7-5-4-6-21(24)2)41(38,39)27-16-17-29(33)28(18-27)30(36)34-26-14-12-25(32)13-15-26/h4-18H,3,19-20H2,1-2H3,(H,34,36). The molecule has 0 aliphatic carbocycles. The highest BCUT2D eigenvalue weighted by molar-refractivity contribution is 7.89. The molecule has 0 radical (unpaired) electrons. The van der Waals surface area contributed by atoms with E-state index in [-0.39, 0.29) is 24.6 Å². The molecule has 0 saturated carbocycles. The summed E-state index contributed by atoms with van der Waals surface area (Å²) in [6.45, 7) is 3.82. The maximum Gasteiger partial charge on any atom is 0.338 e. The molecule has 0 aromatic heterocycles. The summed E-state index contributed by atoms with van der Waals surface area (Å²) in [7, 11) is -4.22. The first-order valence-corrected chi connectivity index (χ1v) is 14.6. The van der Waals surface area contributed by atoms with Gasteiger partial charge in [-0.05, 0) is 85.1 Å². The Bertz CT molecular complexity index is 1660. The molecule has 1 amide bonds. The second-order valence-electron chi connectivity index (χ2n) is 9.22. The van der Waals surface area contributed by atoms with E-state index in [9.17, 15) is 22.4 Å². The van der Waals surface area contributed by atoms with Gasteiger partial charge in [-0.1, -0.05) is 48.0 Å². The van der Waals surface area contributed by atoms with E-state index in [0.717, 1.165) is 29.3 Å². The first-order valence-electron chi connectivity index (χ1n) is 12.8. The lowest BCUT2D eigenvalue weighted by atomic mass is 10.1. The van der Waals surface area contributed by atoms with Crippen LogP contribution in [0.1, 0.15) is 44.3 Å². The number of carbonyl (C=O) groups is 2. The van der Waals surface area contributed by atoms with E-state index in [1.165, 1.54) is 4.31 Å². The molecule has 0 aliphatic rings. The number of amides is 1. The molecule has 0 atom stereocenters. The Kier molecular flexibility index (Phi) is 9.54. The summed E-state index contributed by atoms with van der Waals surface area (Å²) in [5.41, 5.74) is 2.60. The maximum absolute atomic E-state index is 14.8. The van der Waals surface area contributed by atoms with Crippen molar-refractivity contribution in [3.05, 3.63) is 130 Å². The van der Waals surface area contributed by atoms with E-state index in [1.54, 1.807) is 55.5 Å². The first-order chi connectivity index (χ1) is 19.6. The van der Waals surface area contributed by atoms with Gasteiger partial charge in [0.2, 0.25) is 10.0 Å². The van der Waals surface area contributed by atoms with Gasteiger partial charge in [-0.3, -0.25) is 4.79 Å². The fraction of sp³-hybridized carbons (Fsp3) is 0.161. The van der Waals surface area contributed by atoms with Gasteiger partial charge in [0.15, 0.2) is 0 Å². The van der Waals surface area contributed by atoms with E-state index in [0.29, 0.717) is 21.8 Å². The molecule has 0 fully saturated rings. The zero-order valence-electron chi connectivity index (χ0n) is 22.4. The van der Waals surface area contributed by atoms with Crippen LogP contribution in [0, 0.1) is 12.7 Å². The Morgan fingerprint density at radius 2 is 1.61 bits per heavy atom. The Balaban J connectivity index is 1.67. The second kappa shape index (κ2) is 13.1. The Labute approximate surface area is 243 Å². The van der Waals surface area contributed by atoms with Gasteiger partial charge < -0.3 is 10.1 Å². The molecule has 4 rings (SSSR count). The van der Waals surface area contributed by atoms with Gasteiger partial charge in [-0.25, -0.2) is 17.6 Å². The number of aryl methyl sites for hydroxylation is 1. The average Bonchev–Trinajstić information content (AvgIpc) is 2.95. The number of hydrogen-bond donors (Lipinski definition) is 1. The topological polar surface area (TPSA) is 92.8 Å². The summed E-state index contributed by atoms with van der Waals surface area (Å²) >= 11 is 5.89. The zero-order chi connectivity index (χ0) is 29.6. The van der Waals surface area contributed by atoms with Crippen LogP contribution in [-0.4, -0.2) is 31.2 Å². The molecule has 1 N–H and O–H groups in total. The van der Waals surface area contributed by atoms with Gasteiger partial charge in [-0.15, -0.1) is 0 Å². The number of nitrogens with zero attached hydrogens (tertiary/aromatic N) is 1. The second-order valence-corrected chi connectivity index (χ2v) is 11.6. The maximum atomic E-state index is 14.8. The summed E-state index contributed by atoms with van der Waals surface area (Å²) in [5.74, 6) is -2.14. The number of carbonyl (C=O) groups excluding carboxylic acids is 2. The predicted molar refractivity (Wildman–Crippen MR) is 156 cm³/mol. The van der Waals surface area contributed by atoms with Gasteiger partial charge >= 0.3 is 5.97 Å². The number of hydrogen-bond acceptors (Lipinski definition) is 5. The fourth-order valence-electron chi connectivity index (χ4n) is 4.09. The molecule has 0 aliphatic heterocycles. The van der Waals surface area contributed by atoms with Crippen LogP contribution in [0.4, 0.5) is 10.1 Å². The summed E-state index contributed by atoms with van der Waals surface area (Å²) in [6.07, 6.45) is 0. The molecular formula is C31H28ClFN2O5S. The lowest BCUT2D eigenvalue weighted by Crippen LogP contribution is -2.31. The molecule has 4 aromatic carbocycles. The minimum atomic E-state index is -4.22. The first kappa shape index (κ1) is 29.9. The van der Waals surface area contributed by atoms with Crippen LogP contribution in [0.15, 0.2) is 95.9 Å². The van der Waals surface area contributed by atoms with Gasteiger partial charge in [0.25, 0.3) is 5.91 Å². The minimum absolute atomic E-state index is 0.0261. The SMILES string of the molecule is CCOC(=O)c1ccc(CN(Cc2ccccc2C)S(=O)(=O)c2ccc(F)c(C(=O)Nc3ccc(Cl)cc3)c2)cc1. The summed E-state index contributed by atoms with van der Waals surface area (Å²) < 4.78 is 49.0. The number of anilines is 1. The smallest absolute Gasteiger partial charge is 0.338 e. The van der Waals surface area contributed by atoms with Crippen LogP contribution >= 0.6 is 11.6 Å². The number of rotatable bonds is 10. The third-order valence-electron chi connectivity index (χ3n) is 6.35. The van der Waals surface area contributed by atoms with Crippen LogP contribution in [0.25, 0.3) is 0 Å². The number of sulfonamides is 1. The Morgan fingerprint density at radius 3 is 2.27 bits per heavy atom. The van der Waals surface area contributed by atoms with E-state index >= 15 is 0 Å². The molecule has 212 valence electrons. The van der Waals surface area contributed by atoms with Gasteiger partial charge in [0.1, 0.15) is 5.82 Å². The number of halogens is 2. The average molecular weight is 595 g/mol. The van der Waals surface area contributed by atoms with Crippen LogP contribution in [-0.2, 0) is 27.8 Å². The quantitative estimate of drug-likeness (QED) is 0.209. The highest BCUT2D eigenvalue weighted by atomic mass is 35.5. The molecule has 4 aromatic rings. The van der Waals surface area contributed by atoms with Crippen LogP contribution < -0.4 is 5.32 Å². The van der Waals surface area contributed by atoms with Crippen molar-refractivity contribution >= 4 is 39.2 Å². The molecule has 41 heavy (non-hydrogen) atoms. The zero-order valence-corrected chi connectivity index (χ0v) is 24.0. The van der Waals surface area contributed by atoms with Crippen molar-refractivity contribution in [2.24, 2.45) is 0 Å². The van der Waals surface area contributed by atoms with Crippen LogP contribution in [0.5, 0.6) is 0 Å². The number of benzene rings is 4. The Hall–Kier alpha value is -4.05. The van der Waals surface area contributed by atoms with E-state index < -0.39 is 33.3 Å². The molecule has 0 unspecified atom stereocenters. The van der Waals surface area contributed by atoms with Crippen molar-refractivity contribution in [2.45, 2.75) is 31.8 Å². The lowest BCUT2D eigenvalue weighted by molar-refractivity contribution is 0.0526. The summed E-state index contributed by atoms with van der Waals surface area (Å²) in [4.78, 5) is 24.7. The van der Waals surface area contributed by atoms with Crippen molar-refractivity contribution in [1.29, 1.82) is 0 Å². The molecule has 0 saturated heterocycles. The van der Waals surface area contributed by atoms with Crippen molar-refractivity contribution in [3.63, 3.8) is 0 Å². The third kappa shape index (κ3) is 7.38. The Morgan fingerprint density at radius 1 is 0.927 bits per heavy atom. The van der Waals surface area contributed by atoms with Crippen molar-refractivity contribution in [3.8, 4) is 0 Å². The molecular weight excluding hydrogens is 567 g/mol. The highest BCUT2D eigenvalue weighted by Crippen LogP contribution is 2.25. The molecule has 7 nitrogen and oxygen atoms in total. The number of ether oxygens (including phenoxy) is 1. The van der Waals surface area contributed by atoms with E-state index in [2.05, 4.69) is 5.32 Å². The lowest BCUT2D eigenvalue weighted by Gasteiger charge is -2.24. The largest absolute Gasteiger partial charge is 0.462 e. The number of esters is 1. The van der Waals surface area contributed by atoms with Gasteiger partial charge in [0, 0.05) is 23.8 Å². The van der Waals surface area contributed by atoms with Gasteiger partial charge in [-0.2, -0.15) is 4.31 Å². The fourth-order valence-corrected chi connectivity index (χ4v) is 5.65. The van der Waals surface area contributed by atoms with Crippen LogP contribution in [0.3, 0.4) is 0 Å². The minimum Gasteiger partial charge on any atom is -0.462 e. The third-order valence-corrected chi connectivity index (χ3v) is 8.39. The van der Waals surface area contributed by atoms with E-state index in [4.69, 9.17) is 16.3 Å². The van der Waals surface area contributed by atoms with Crippen molar-refractivity contribution in [1.82, 2.24) is 4.31 Å². The highest BCUT2D eigenvalue weighted by Gasteiger charge is 2.28. The predicted octanol–water partition coefficient (Wildman–Crippen LogP) is 6.61. The summed E-state index contributed by atoms with van der Waals surface area (Å²) in [5, 5.41) is 3.03. The number of nitrogens with one attached hydrogen (secondary N) is 1.